The van der Waals surface area contributed by atoms with Crippen molar-refractivity contribution in [3.05, 3.63) is 89.5 Å². The Hall–Kier alpha value is -3.64. The topological polar surface area (TPSA) is 81.9 Å². The van der Waals surface area contributed by atoms with Crippen molar-refractivity contribution in [1.29, 1.82) is 0 Å². The molecule has 6 nitrogen and oxygen atoms in total. The third-order valence-electron chi connectivity index (χ3n) is 5.29. The van der Waals surface area contributed by atoms with Crippen LogP contribution in [0.25, 0.3) is 11.1 Å². The number of para-hydroxylation sites is 1. The molecule has 0 bridgehead atoms. The van der Waals surface area contributed by atoms with Crippen LogP contribution in [-0.2, 0) is 11.3 Å². The number of primary amides is 1. The minimum absolute atomic E-state index is 0.0294. The average Bonchev–Trinajstić information content (AvgIpc) is 2.83. The molecule has 0 radical (unpaired) electrons. The van der Waals surface area contributed by atoms with Gasteiger partial charge in [-0.25, -0.2) is 0 Å². The molecule has 31 heavy (non-hydrogen) atoms. The maximum Gasteiger partial charge on any atom is 0.254 e. The van der Waals surface area contributed by atoms with Gasteiger partial charge in [0.05, 0.1) is 13.2 Å². The number of rotatable bonds is 6. The zero-order valence-corrected chi connectivity index (χ0v) is 17.1. The zero-order chi connectivity index (χ0) is 21.6. The number of hydrogen-bond acceptors (Lipinski definition) is 4. The van der Waals surface area contributed by atoms with Gasteiger partial charge in [0.1, 0.15) is 12.4 Å². The fourth-order valence-corrected chi connectivity index (χ4v) is 3.68. The van der Waals surface area contributed by atoms with Crippen molar-refractivity contribution >= 4 is 11.8 Å². The highest BCUT2D eigenvalue weighted by atomic mass is 16.5. The summed E-state index contributed by atoms with van der Waals surface area (Å²) in [5.41, 5.74) is 8.96. The van der Waals surface area contributed by atoms with Crippen LogP contribution in [0.4, 0.5) is 0 Å². The van der Waals surface area contributed by atoms with E-state index in [0.29, 0.717) is 48.7 Å². The summed E-state index contributed by atoms with van der Waals surface area (Å²) in [6.45, 7) is 2.44. The van der Waals surface area contributed by atoms with Gasteiger partial charge in [-0.3, -0.25) is 9.59 Å². The van der Waals surface area contributed by atoms with E-state index in [4.69, 9.17) is 15.2 Å². The lowest BCUT2D eigenvalue weighted by atomic mass is 9.94. The van der Waals surface area contributed by atoms with Gasteiger partial charge in [0, 0.05) is 29.8 Å². The maximum atomic E-state index is 12.9. The van der Waals surface area contributed by atoms with Crippen LogP contribution < -0.4 is 10.5 Å². The highest BCUT2D eigenvalue weighted by molar-refractivity contribution is 5.98. The number of carbonyl (C=O) groups excluding carboxylic acids is 2. The summed E-state index contributed by atoms with van der Waals surface area (Å²) in [7, 11) is 0. The Labute approximate surface area is 181 Å². The zero-order valence-electron chi connectivity index (χ0n) is 17.1. The van der Waals surface area contributed by atoms with Gasteiger partial charge in [0.25, 0.3) is 5.91 Å². The van der Waals surface area contributed by atoms with Crippen molar-refractivity contribution in [3.8, 4) is 16.9 Å². The molecule has 0 aromatic heterocycles. The predicted molar refractivity (Wildman–Crippen MR) is 118 cm³/mol. The second kappa shape index (κ2) is 9.45. The Balaban J connectivity index is 1.68. The van der Waals surface area contributed by atoms with Gasteiger partial charge < -0.3 is 20.1 Å². The standard InChI is InChI=1S/C25H24N2O4/c26-24(28)22-11-5-10-21(23(22)17-31-20-8-2-1-3-9-20)18-6-4-7-19(16-18)25(29)27-12-14-30-15-13-27/h1-11,16H,12-15,17H2,(H2,26,28). The molecule has 3 aromatic carbocycles. The summed E-state index contributed by atoms with van der Waals surface area (Å²) < 4.78 is 11.3. The SMILES string of the molecule is NC(=O)c1cccc(-c2cccc(C(=O)N3CCOCC3)c2)c1COc1ccccc1. The van der Waals surface area contributed by atoms with Gasteiger partial charge in [-0.1, -0.05) is 42.5 Å². The van der Waals surface area contributed by atoms with Crippen molar-refractivity contribution < 1.29 is 19.1 Å². The summed E-state index contributed by atoms with van der Waals surface area (Å²) in [6.07, 6.45) is 0. The Morgan fingerprint density at radius 3 is 2.42 bits per heavy atom. The third-order valence-corrected chi connectivity index (χ3v) is 5.29. The lowest BCUT2D eigenvalue weighted by Gasteiger charge is -2.27. The van der Waals surface area contributed by atoms with E-state index in [0.717, 1.165) is 11.1 Å². The number of amides is 2. The normalized spacial score (nSPS) is 13.6. The van der Waals surface area contributed by atoms with Gasteiger partial charge in [-0.15, -0.1) is 0 Å². The summed E-state index contributed by atoms with van der Waals surface area (Å²) in [5.74, 6) is 0.149. The summed E-state index contributed by atoms with van der Waals surface area (Å²) >= 11 is 0. The number of nitrogens with two attached hydrogens (primary N) is 1. The Morgan fingerprint density at radius 1 is 0.935 bits per heavy atom. The van der Waals surface area contributed by atoms with Crippen molar-refractivity contribution in [3.63, 3.8) is 0 Å². The molecular formula is C25H24N2O4. The fourth-order valence-electron chi connectivity index (χ4n) is 3.68. The third kappa shape index (κ3) is 4.75. The minimum Gasteiger partial charge on any atom is -0.489 e. The Kier molecular flexibility index (Phi) is 6.29. The molecule has 1 aliphatic heterocycles. The first-order chi connectivity index (χ1) is 15.1. The molecule has 6 heteroatoms. The van der Waals surface area contributed by atoms with E-state index in [-0.39, 0.29) is 12.5 Å². The summed E-state index contributed by atoms with van der Waals surface area (Å²) in [6, 6.07) is 22.2. The van der Waals surface area contributed by atoms with Crippen LogP contribution in [0.5, 0.6) is 5.75 Å². The first kappa shape index (κ1) is 20.6. The van der Waals surface area contributed by atoms with Crippen LogP contribution in [0.3, 0.4) is 0 Å². The van der Waals surface area contributed by atoms with Crippen molar-refractivity contribution in [1.82, 2.24) is 4.90 Å². The van der Waals surface area contributed by atoms with E-state index >= 15 is 0 Å². The molecule has 4 rings (SSSR count). The molecule has 1 fully saturated rings. The second-order valence-electron chi connectivity index (χ2n) is 7.28. The van der Waals surface area contributed by atoms with E-state index in [1.54, 1.807) is 23.1 Å². The van der Waals surface area contributed by atoms with Crippen LogP contribution >= 0.6 is 0 Å². The largest absolute Gasteiger partial charge is 0.489 e. The number of benzene rings is 3. The highest BCUT2D eigenvalue weighted by Crippen LogP contribution is 2.29. The lowest BCUT2D eigenvalue weighted by Crippen LogP contribution is -2.40. The summed E-state index contributed by atoms with van der Waals surface area (Å²) in [5, 5.41) is 0. The van der Waals surface area contributed by atoms with Crippen LogP contribution in [0.15, 0.2) is 72.8 Å². The molecule has 2 N–H and O–H groups in total. The fraction of sp³-hybridized carbons (Fsp3) is 0.200. The summed E-state index contributed by atoms with van der Waals surface area (Å²) in [4.78, 5) is 26.8. The molecular weight excluding hydrogens is 392 g/mol. The van der Waals surface area contributed by atoms with E-state index in [1.807, 2.05) is 54.6 Å². The van der Waals surface area contributed by atoms with E-state index in [2.05, 4.69) is 0 Å². The Morgan fingerprint density at radius 2 is 1.68 bits per heavy atom. The first-order valence-corrected chi connectivity index (χ1v) is 10.2. The number of nitrogens with zero attached hydrogens (tertiary/aromatic N) is 1. The number of hydrogen-bond donors (Lipinski definition) is 1. The van der Waals surface area contributed by atoms with Gasteiger partial charge in [-0.05, 0) is 41.5 Å². The molecule has 0 aliphatic carbocycles. The average molecular weight is 416 g/mol. The molecule has 1 saturated heterocycles. The molecule has 1 heterocycles. The van der Waals surface area contributed by atoms with Crippen LogP contribution in [0.2, 0.25) is 0 Å². The van der Waals surface area contributed by atoms with Crippen LogP contribution in [0, 0.1) is 0 Å². The molecule has 0 unspecified atom stereocenters. The van der Waals surface area contributed by atoms with Crippen LogP contribution in [-0.4, -0.2) is 43.0 Å². The quantitative estimate of drug-likeness (QED) is 0.667. The maximum absolute atomic E-state index is 12.9. The van der Waals surface area contributed by atoms with Crippen molar-refractivity contribution in [2.24, 2.45) is 5.73 Å². The van der Waals surface area contributed by atoms with E-state index in [9.17, 15) is 9.59 Å². The number of morpholine rings is 1. The van der Waals surface area contributed by atoms with Gasteiger partial charge in [0.2, 0.25) is 5.91 Å². The van der Waals surface area contributed by atoms with E-state index in [1.165, 1.54) is 0 Å². The number of carbonyl (C=O) groups is 2. The molecule has 1 aliphatic rings. The molecule has 2 amide bonds. The predicted octanol–water partition coefficient (Wildman–Crippen LogP) is 3.50. The van der Waals surface area contributed by atoms with Gasteiger partial charge in [-0.2, -0.15) is 0 Å². The van der Waals surface area contributed by atoms with E-state index < -0.39 is 5.91 Å². The second-order valence-corrected chi connectivity index (χ2v) is 7.28. The molecule has 0 atom stereocenters. The van der Waals surface area contributed by atoms with Gasteiger partial charge >= 0.3 is 0 Å². The molecule has 0 spiro atoms. The minimum atomic E-state index is -0.519. The van der Waals surface area contributed by atoms with Crippen LogP contribution in [0.1, 0.15) is 26.3 Å². The highest BCUT2D eigenvalue weighted by Gasteiger charge is 2.20. The molecule has 158 valence electrons. The first-order valence-electron chi connectivity index (χ1n) is 10.2. The lowest BCUT2D eigenvalue weighted by molar-refractivity contribution is 0.0303. The van der Waals surface area contributed by atoms with Crippen molar-refractivity contribution in [2.45, 2.75) is 6.61 Å². The Bertz CT molecular complexity index is 1080. The smallest absolute Gasteiger partial charge is 0.254 e. The number of ether oxygens (including phenoxy) is 2. The molecule has 0 saturated carbocycles. The van der Waals surface area contributed by atoms with Crippen molar-refractivity contribution in [2.75, 3.05) is 26.3 Å². The monoisotopic (exact) mass is 416 g/mol. The van der Waals surface area contributed by atoms with Gasteiger partial charge in [0.15, 0.2) is 0 Å². The molecule has 3 aromatic rings.